The standard InChI is InChI=1S/C9H14N2O2S/c1-7-2-3-8(6-9(7)11)14(12,13)5-4-10/h2-3,6H,4-5,10-11H2,1H3. The average molecular weight is 214 g/mol. The van der Waals surface area contributed by atoms with E-state index in [1.54, 1.807) is 12.1 Å². The molecule has 0 radical (unpaired) electrons. The van der Waals surface area contributed by atoms with Gasteiger partial charge in [-0.1, -0.05) is 6.07 Å². The molecule has 0 bridgehead atoms. The Labute approximate surface area is 83.8 Å². The third kappa shape index (κ3) is 2.24. The summed E-state index contributed by atoms with van der Waals surface area (Å²) in [5.74, 6) is -0.0461. The van der Waals surface area contributed by atoms with Crippen LogP contribution in [0.5, 0.6) is 0 Å². The van der Waals surface area contributed by atoms with Crippen LogP contribution >= 0.6 is 0 Å². The highest BCUT2D eigenvalue weighted by Crippen LogP contribution is 2.17. The fraction of sp³-hybridized carbons (Fsp3) is 0.333. The van der Waals surface area contributed by atoms with E-state index in [4.69, 9.17) is 11.5 Å². The molecule has 0 heterocycles. The number of sulfone groups is 1. The minimum atomic E-state index is -3.25. The average Bonchev–Trinajstić information content (AvgIpc) is 2.09. The van der Waals surface area contributed by atoms with E-state index in [-0.39, 0.29) is 17.2 Å². The molecule has 0 aromatic heterocycles. The van der Waals surface area contributed by atoms with E-state index in [1.165, 1.54) is 6.07 Å². The number of rotatable bonds is 3. The van der Waals surface area contributed by atoms with Crippen molar-refractivity contribution in [1.82, 2.24) is 0 Å². The van der Waals surface area contributed by atoms with Crippen molar-refractivity contribution in [1.29, 1.82) is 0 Å². The van der Waals surface area contributed by atoms with E-state index in [9.17, 15) is 8.42 Å². The first-order valence-corrected chi connectivity index (χ1v) is 5.91. The Bertz CT molecular complexity index is 426. The van der Waals surface area contributed by atoms with Crippen molar-refractivity contribution in [3.8, 4) is 0 Å². The summed E-state index contributed by atoms with van der Waals surface area (Å²) in [6.07, 6.45) is 0. The van der Waals surface area contributed by atoms with Gasteiger partial charge in [0.2, 0.25) is 0 Å². The van der Waals surface area contributed by atoms with Crippen molar-refractivity contribution in [2.24, 2.45) is 5.73 Å². The van der Waals surface area contributed by atoms with Gasteiger partial charge in [-0.15, -0.1) is 0 Å². The molecule has 0 amide bonds. The lowest BCUT2D eigenvalue weighted by molar-refractivity contribution is 0.596. The first kappa shape index (κ1) is 11.0. The molecule has 5 heteroatoms. The molecule has 0 aliphatic heterocycles. The minimum absolute atomic E-state index is 0.0461. The molecule has 0 unspecified atom stereocenters. The normalized spacial score (nSPS) is 11.6. The maximum Gasteiger partial charge on any atom is 0.179 e. The van der Waals surface area contributed by atoms with Gasteiger partial charge < -0.3 is 11.5 Å². The quantitative estimate of drug-likeness (QED) is 0.709. The molecule has 0 fully saturated rings. The van der Waals surface area contributed by atoms with Gasteiger partial charge in [0.25, 0.3) is 0 Å². The Kier molecular flexibility index (Phi) is 3.13. The topological polar surface area (TPSA) is 86.2 Å². The van der Waals surface area contributed by atoms with Crippen LogP contribution in [0.25, 0.3) is 0 Å². The smallest absolute Gasteiger partial charge is 0.179 e. The number of nitrogen functional groups attached to an aromatic ring is 1. The van der Waals surface area contributed by atoms with Gasteiger partial charge in [0, 0.05) is 12.2 Å². The number of hydrogen-bond acceptors (Lipinski definition) is 4. The number of hydrogen-bond donors (Lipinski definition) is 2. The second-order valence-electron chi connectivity index (χ2n) is 3.13. The second kappa shape index (κ2) is 3.98. The summed E-state index contributed by atoms with van der Waals surface area (Å²) in [5.41, 5.74) is 12.2. The van der Waals surface area contributed by atoms with Crippen molar-refractivity contribution in [2.75, 3.05) is 18.0 Å². The van der Waals surface area contributed by atoms with Crippen molar-refractivity contribution in [3.05, 3.63) is 23.8 Å². The molecule has 14 heavy (non-hydrogen) atoms. The first-order chi connectivity index (χ1) is 6.47. The molecule has 0 aliphatic carbocycles. The number of benzene rings is 1. The van der Waals surface area contributed by atoms with Crippen LogP contribution in [0.3, 0.4) is 0 Å². The highest BCUT2D eigenvalue weighted by Gasteiger charge is 2.13. The van der Waals surface area contributed by atoms with E-state index in [1.807, 2.05) is 6.92 Å². The van der Waals surface area contributed by atoms with Crippen molar-refractivity contribution < 1.29 is 8.42 Å². The highest BCUT2D eigenvalue weighted by atomic mass is 32.2. The van der Waals surface area contributed by atoms with Gasteiger partial charge in [-0.05, 0) is 24.6 Å². The molecule has 0 spiro atoms. The van der Waals surface area contributed by atoms with Crippen LogP contribution in [-0.4, -0.2) is 20.7 Å². The summed E-state index contributed by atoms with van der Waals surface area (Å²) in [6.45, 7) is 1.95. The Morgan fingerprint density at radius 2 is 2.00 bits per heavy atom. The molecular formula is C9H14N2O2S. The van der Waals surface area contributed by atoms with Crippen molar-refractivity contribution in [2.45, 2.75) is 11.8 Å². The molecule has 0 aliphatic rings. The number of aryl methyl sites for hydroxylation is 1. The molecule has 0 saturated heterocycles. The van der Waals surface area contributed by atoms with Gasteiger partial charge in [0.1, 0.15) is 0 Å². The molecule has 0 saturated carbocycles. The third-order valence-corrected chi connectivity index (χ3v) is 3.74. The van der Waals surface area contributed by atoms with E-state index >= 15 is 0 Å². The molecular weight excluding hydrogens is 200 g/mol. The van der Waals surface area contributed by atoms with E-state index < -0.39 is 9.84 Å². The molecule has 4 nitrogen and oxygen atoms in total. The van der Waals surface area contributed by atoms with Crippen LogP contribution < -0.4 is 11.5 Å². The van der Waals surface area contributed by atoms with Crippen LogP contribution in [0, 0.1) is 6.92 Å². The fourth-order valence-electron chi connectivity index (χ4n) is 1.09. The largest absolute Gasteiger partial charge is 0.398 e. The molecule has 1 rings (SSSR count). The Morgan fingerprint density at radius 3 is 2.50 bits per heavy atom. The maximum atomic E-state index is 11.6. The Hall–Kier alpha value is -1.07. The van der Waals surface area contributed by atoms with Crippen LogP contribution in [-0.2, 0) is 9.84 Å². The third-order valence-electron chi connectivity index (χ3n) is 2.00. The zero-order valence-electron chi connectivity index (χ0n) is 8.03. The summed E-state index contributed by atoms with van der Waals surface area (Å²) in [5, 5.41) is 0. The fourth-order valence-corrected chi connectivity index (χ4v) is 2.21. The van der Waals surface area contributed by atoms with Gasteiger partial charge in [0.05, 0.1) is 10.6 Å². The minimum Gasteiger partial charge on any atom is -0.398 e. The van der Waals surface area contributed by atoms with Gasteiger partial charge in [0.15, 0.2) is 9.84 Å². The van der Waals surface area contributed by atoms with Crippen molar-refractivity contribution in [3.63, 3.8) is 0 Å². The number of nitrogens with two attached hydrogens (primary N) is 2. The predicted octanol–water partition coefficient (Wildman–Crippen LogP) is 0.310. The molecule has 1 aromatic rings. The zero-order chi connectivity index (χ0) is 10.8. The van der Waals surface area contributed by atoms with E-state index in [0.717, 1.165) is 5.56 Å². The van der Waals surface area contributed by atoms with Gasteiger partial charge in [-0.2, -0.15) is 0 Å². The zero-order valence-corrected chi connectivity index (χ0v) is 8.84. The monoisotopic (exact) mass is 214 g/mol. The van der Waals surface area contributed by atoms with Crippen LogP contribution in [0.1, 0.15) is 5.56 Å². The lowest BCUT2D eigenvalue weighted by Crippen LogP contribution is -2.16. The maximum absolute atomic E-state index is 11.6. The van der Waals surface area contributed by atoms with Gasteiger partial charge >= 0.3 is 0 Å². The highest BCUT2D eigenvalue weighted by molar-refractivity contribution is 7.91. The van der Waals surface area contributed by atoms with Gasteiger partial charge in [-0.3, -0.25) is 0 Å². The summed E-state index contributed by atoms with van der Waals surface area (Å²) < 4.78 is 23.1. The van der Waals surface area contributed by atoms with Gasteiger partial charge in [-0.25, -0.2) is 8.42 Å². The van der Waals surface area contributed by atoms with Crippen LogP contribution in [0.2, 0.25) is 0 Å². The summed E-state index contributed by atoms with van der Waals surface area (Å²) in [6, 6.07) is 4.72. The van der Waals surface area contributed by atoms with Crippen LogP contribution in [0.4, 0.5) is 5.69 Å². The Balaban J connectivity index is 3.15. The van der Waals surface area contributed by atoms with E-state index in [0.29, 0.717) is 5.69 Å². The Morgan fingerprint density at radius 1 is 1.36 bits per heavy atom. The summed E-state index contributed by atoms with van der Waals surface area (Å²) >= 11 is 0. The van der Waals surface area contributed by atoms with Crippen molar-refractivity contribution >= 4 is 15.5 Å². The van der Waals surface area contributed by atoms with E-state index in [2.05, 4.69) is 0 Å². The lowest BCUT2D eigenvalue weighted by atomic mass is 10.2. The summed E-state index contributed by atoms with van der Waals surface area (Å²) in [4.78, 5) is 0.242. The predicted molar refractivity (Wildman–Crippen MR) is 56.7 cm³/mol. The van der Waals surface area contributed by atoms with Crippen LogP contribution in [0.15, 0.2) is 23.1 Å². The molecule has 0 atom stereocenters. The lowest BCUT2D eigenvalue weighted by Gasteiger charge is -2.05. The SMILES string of the molecule is Cc1ccc(S(=O)(=O)CCN)cc1N. The summed E-state index contributed by atoms with van der Waals surface area (Å²) in [7, 11) is -3.25. The first-order valence-electron chi connectivity index (χ1n) is 4.26. The molecule has 78 valence electrons. The second-order valence-corrected chi connectivity index (χ2v) is 5.24. The molecule has 1 aromatic carbocycles. The number of anilines is 1. The molecule has 4 N–H and O–H groups in total.